The summed E-state index contributed by atoms with van der Waals surface area (Å²) in [6, 6.07) is 0. The molecule has 0 aliphatic rings. The fraction of sp³-hybridized carbons (Fsp3) is 0.909. The Hall–Kier alpha value is -0.410. The van der Waals surface area contributed by atoms with E-state index in [2.05, 4.69) is 6.92 Å². The lowest BCUT2D eigenvalue weighted by Gasteiger charge is -2.02. The number of aliphatic hydroxyl groups is 2. The zero-order valence-corrected chi connectivity index (χ0v) is 9.04. The van der Waals surface area contributed by atoms with E-state index < -0.39 is 12.1 Å². The summed E-state index contributed by atoms with van der Waals surface area (Å²) in [5.41, 5.74) is 0. The molecule has 0 rings (SSSR count). The Labute approximate surface area is 86.1 Å². The second-order valence-electron chi connectivity index (χ2n) is 3.71. The van der Waals surface area contributed by atoms with Crippen LogP contribution in [-0.4, -0.2) is 22.3 Å². The number of rotatable bonds is 9. The van der Waals surface area contributed by atoms with Crippen LogP contribution in [0.1, 0.15) is 58.3 Å². The van der Waals surface area contributed by atoms with Gasteiger partial charge < -0.3 is 10.2 Å². The molecule has 0 radical (unpaired) electrons. The van der Waals surface area contributed by atoms with Gasteiger partial charge >= 0.3 is 0 Å². The molecule has 14 heavy (non-hydrogen) atoms. The minimum Gasteiger partial charge on any atom is -0.362 e. The van der Waals surface area contributed by atoms with E-state index in [4.69, 9.17) is 10.2 Å². The van der Waals surface area contributed by atoms with Crippen molar-refractivity contribution in [1.29, 1.82) is 0 Å². The van der Waals surface area contributed by atoms with Crippen LogP contribution >= 0.6 is 0 Å². The molecule has 0 spiro atoms. The van der Waals surface area contributed by atoms with E-state index >= 15 is 0 Å². The van der Waals surface area contributed by atoms with Crippen LogP contribution in [0, 0.1) is 0 Å². The molecule has 0 amide bonds. The summed E-state index contributed by atoms with van der Waals surface area (Å²) in [6.07, 6.45) is 6.50. The molecule has 0 aliphatic carbocycles. The number of hydrogen-bond acceptors (Lipinski definition) is 3. The fourth-order valence-corrected chi connectivity index (χ4v) is 1.39. The number of Topliss-reactive ketones (excluding diaryl/α,β-unsaturated/α-hetero) is 1. The van der Waals surface area contributed by atoms with Gasteiger partial charge in [0.05, 0.1) is 0 Å². The standard InChI is InChI=1S/C11H22O3/c1-2-3-4-5-6-7-8-9-10(12)11(13)14/h11,13-14H,2-9H2,1H3. The first-order valence-electron chi connectivity index (χ1n) is 5.57. The lowest BCUT2D eigenvalue weighted by atomic mass is 10.1. The molecule has 2 N–H and O–H groups in total. The summed E-state index contributed by atoms with van der Waals surface area (Å²) in [4.78, 5) is 10.8. The SMILES string of the molecule is CCCCCCCCCC(=O)C(O)O. The lowest BCUT2D eigenvalue weighted by Crippen LogP contribution is -2.18. The van der Waals surface area contributed by atoms with Gasteiger partial charge in [-0.25, -0.2) is 0 Å². The summed E-state index contributed by atoms with van der Waals surface area (Å²) in [6.45, 7) is 2.18. The molecule has 0 aliphatic heterocycles. The molecule has 0 saturated heterocycles. The molecule has 0 heterocycles. The third-order valence-corrected chi connectivity index (χ3v) is 2.31. The van der Waals surface area contributed by atoms with Crippen molar-refractivity contribution < 1.29 is 15.0 Å². The highest BCUT2D eigenvalue weighted by atomic mass is 16.5. The topological polar surface area (TPSA) is 57.5 Å². The fourth-order valence-electron chi connectivity index (χ4n) is 1.39. The first-order valence-corrected chi connectivity index (χ1v) is 5.57. The summed E-state index contributed by atoms with van der Waals surface area (Å²) < 4.78 is 0. The average molecular weight is 202 g/mol. The first-order chi connectivity index (χ1) is 6.68. The highest BCUT2D eigenvalue weighted by molar-refractivity contribution is 5.81. The van der Waals surface area contributed by atoms with Gasteiger partial charge in [-0.05, 0) is 6.42 Å². The van der Waals surface area contributed by atoms with E-state index in [1.807, 2.05) is 0 Å². The predicted molar refractivity (Wildman–Crippen MR) is 55.8 cm³/mol. The number of hydrogen-bond donors (Lipinski definition) is 2. The van der Waals surface area contributed by atoms with Gasteiger partial charge in [-0.2, -0.15) is 0 Å². The Morgan fingerprint density at radius 3 is 2.00 bits per heavy atom. The molecule has 0 aromatic carbocycles. The van der Waals surface area contributed by atoms with Crippen molar-refractivity contribution in [2.45, 2.75) is 64.6 Å². The van der Waals surface area contributed by atoms with Crippen molar-refractivity contribution in [1.82, 2.24) is 0 Å². The van der Waals surface area contributed by atoms with E-state index in [9.17, 15) is 4.79 Å². The maximum atomic E-state index is 10.8. The van der Waals surface area contributed by atoms with Gasteiger partial charge in [0.15, 0.2) is 5.78 Å². The van der Waals surface area contributed by atoms with E-state index in [1.165, 1.54) is 25.7 Å². The summed E-state index contributed by atoms with van der Waals surface area (Å²) >= 11 is 0. The van der Waals surface area contributed by atoms with Crippen molar-refractivity contribution in [2.24, 2.45) is 0 Å². The van der Waals surface area contributed by atoms with Crippen molar-refractivity contribution in [2.75, 3.05) is 0 Å². The molecule has 84 valence electrons. The number of carbonyl (C=O) groups is 1. The van der Waals surface area contributed by atoms with Gasteiger partial charge in [-0.1, -0.05) is 45.4 Å². The van der Waals surface area contributed by atoms with Crippen molar-refractivity contribution in [3.63, 3.8) is 0 Å². The number of carbonyl (C=O) groups excluding carboxylic acids is 1. The summed E-state index contributed by atoms with van der Waals surface area (Å²) in [7, 11) is 0. The van der Waals surface area contributed by atoms with Crippen LogP contribution in [-0.2, 0) is 4.79 Å². The van der Waals surface area contributed by atoms with E-state index in [1.54, 1.807) is 0 Å². The molecular weight excluding hydrogens is 180 g/mol. The van der Waals surface area contributed by atoms with Gasteiger partial charge in [0.2, 0.25) is 6.29 Å². The molecule has 3 heteroatoms. The Bertz CT molecular complexity index is 143. The quantitative estimate of drug-likeness (QED) is 0.444. The van der Waals surface area contributed by atoms with E-state index in [-0.39, 0.29) is 0 Å². The zero-order valence-electron chi connectivity index (χ0n) is 9.04. The Kier molecular flexibility index (Phi) is 8.89. The second kappa shape index (κ2) is 9.16. The Morgan fingerprint density at radius 2 is 1.50 bits per heavy atom. The molecule has 0 saturated carbocycles. The largest absolute Gasteiger partial charge is 0.362 e. The maximum absolute atomic E-state index is 10.8. The van der Waals surface area contributed by atoms with E-state index in [0.29, 0.717) is 6.42 Å². The molecule has 0 unspecified atom stereocenters. The van der Waals surface area contributed by atoms with Crippen LogP contribution in [0.5, 0.6) is 0 Å². The number of aliphatic hydroxyl groups excluding tert-OH is 1. The van der Waals surface area contributed by atoms with Crippen molar-refractivity contribution in [3.8, 4) is 0 Å². The van der Waals surface area contributed by atoms with Gasteiger partial charge in [-0.15, -0.1) is 0 Å². The van der Waals surface area contributed by atoms with Gasteiger partial charge in [0.1, 0.15) is 0 Å². The average Bonchev–Trinajstić information content (AvgIpc) is 2.16. The van der Waals surface area contributed by atoms with Crippen LogP contribution in [0.25, 0.3) is 0 Å². The first kappa shape index (κ1) is 13.6. The predicted octanol–water partition coefficient (Wildman–Crippen LogP) is 2.01. The molecular formula is C11H22O3. The number of ketones is 1. The summed E-state index contributed by atoms with van der Waals surface area (Å²) in [5, 5.41) is 17.0. The van der Waals surface area contributed by atoms with Crippen LogP contribution in [0.3, 0.4) is 0 Å². The molecule has 3 nitrogen and oxygen atoms in total. The van der Waals surface area contributed by atoms with Crippen molar-refractivity contribution in [3.05, 3.63) is 0 Å². The third kappa shape index (κ3) is 8.20. The third-order valence-electron chi connectivity index (χ3n) is 2.31. The van der Waals surface area contributed by atoms with Crippen LogP contribution < -0.4 is 0 Å². The highest BCUT2D eigenvalue weighted by Gasteiger charge is 2.09. The Balaban J connectivity index is 3.10. The smallest absolute Gasteiger partial charge is 0.212 e. The zero-order chi connectivity index (χ0) is 10.8. The lowest BCUT2D eigenvalue weighted by molar-refractivity contribution is -0.145. The molecule has 0 atom stereocenters. The molecule has 0 aromatic heterocycles. The minimum absolute atomic E-state index is 0.297. The highest BCUT2D eigenvalue weighted by Crippen LogP contribution is 2.08. The number of unbranched alkanes of at least 4 members (excludes halogenated alkanes) is 6. The van der Waals surface area contributed by atoms with Gasteiger partial charge in [-0.3, -0.25) is 4.79 Å². The minimum atomic E-state index is -1.77. The van der Waals surface area contributed by atoms with Crippen LogP contribution in [0.2, 0.25) is 0 Å². The van der Waals surface area contributed by atoms with Crippen molar-refractivity contribution >= 4 is 5.78 Å². The molecule has 0 fully saturated rings. The van der Waals surface area contributed by atoms with Crippen LogP contribution in [0.4, 0.5) is 0 Å². The molecule has 0 aromatic rings. The second-order valence-corrected chi connectivity index (χ2v) is 3.71. The normalized spacial score (nSPS) is 10.9. The summed E-state index contributed by atoms with van der Waals surface area (Å²) in [5.74, 6) is -0.460. The van der Waals surface area contributed by atoms with Crippen LogP contribution in [0.15, 0.2) is 0 Å². The van der Waals surface area contributed by atoms with Gasteiger partial charge in [0, 0.05) is 6.42 Å². The van der Waals surface area contributed by atoms with Gasteiger partial charge in [0.25, 0.3) is 0 Å². The molecule has 0 bridgehead atoms. The monoisotopic (exact) mass is 202 g/mol. The Morgan fingerprint density at radius 1 is 1.00 bits per heavy atom. The maximum Gasteiger partial charge on any atom is 0.212 e. The van der Waals surface area contributed by atoms with E-state index in [0.717, 1.165) is 19.3 Å².